The summed E-state index contributed by atoms with van der Waals surface area (Å²) in [6, 6.07) is 16.2. The second kappa shape index (κ2) is 14.7. The number of sulfonamides is 1. The van der Waals surface area contributed by atoms with Crippen molar-refractivity contribution in [3.05, 3.63) is 94.5 Å². The zero-order valence-corrected chi connectivity index (χ0v) is 26.8. The van der Waals surface area contributed by atoms with Gasteiger partial charge in [-0.3, -0.25) is 13.9 Å². The van der Waals surface area contributed by atoms with Crippen molar-refractivity contribution in [2.24, 2.45) is 0 Å². The van der Waals surface area contributed by atoms with E-state index in [2.05, 4.69) is 5.32 Å². The minimum absolute atomic E-state index is 0.0106. The van der Waals surface area contributed by atoms with Crippen LogP contribution in [0.25, 0.3) is 0 Å². The molecule has 1 aliphatic rings. The Labute approximate surface area is 267 Å². The summed E-state index contributed by atoms with van der Waals surface area (Å²) < 4.78 is 70.0. The van der Waals surface area contributed by atoms with Gasteiger partial charge < -0.3 is 10.2 Å². The molecule has 0 aliphatic heterocycles. The largest absolute Gasteiger partial charge is 0.417 e. The van der Waals surface area contributed by atoms with Crippen LogP contribution in [0.1, 0.15) is 62.1 Å². The molecule has 0 unspecified atom stereocenters. The Kier molecular flexibility index (Phi) is 11.2. The van der Waals surface area contributed by atoms with E-state index < -0.39 is 45.3 Å². The fraction of sp³-hybridized carbons (Fsp3) is 0.394. The van der Waals surface area contributed by atoms with Gasteiger partial charge in [0.2, 0.25) is 11.8 Å². The quantitative estimate of drug-likeness (QED) is 0.237. The first-order valence-corrected chi connectivity index (χ1v) is 16.7. The molecule has 45 heavy (non-hydrogen) atoms. The molecule has 1 aliphatic carbocycles. The minimum atomic E-state index is -4.87. The van der Waals surface area contributed by atoms with Gasteiger partial charge in [0.15, 0.2) is 0 Å². The van der Waals surface area contributed by atoms with E-state index in [1.807, 2.05) is 31.2 Å². The summed E-state index contributed by atoms with van der Waals surface area (Å²) in [5.41, 5.74) is 0.0688. The van der Waals surface area contributed by atoms with Crippen molar-refractivity contribution in [3.8, 4) is 0 Å². The second-order valence-corrected chi connectivity index (χ2v) is 13.5. The maximum atomic E-state index is 14.2. The van der Waals surface area contributed by atoms with E-state index in [9.17, 15) is 31.2 Å². The van der Waals surface area contributed by atoms with Crippen LogP contribution in [0, 0.1) is 6.92 Å². The number of carbonyl (C=O) groups excluding carboxylic acids is 2. The highest BCUT2D eigenvalue weighted by Gasteiger charge is 2.37. The SMILES string of the molecule is CC[C@@H](C(=O)NC1CCCCC1)N(Cc1ccc(C)cc1)C(=O)CN(c1ccc(Cl)c(C(F)(F)F)c1)S(=O)(=O)c1ccccc1. The monoisotopic (exact) mass is 663 g/mol. The van der Waals surface area contributed by atoms with Gasteiger partial charge in [0.25, 0.3) is 10.0 Å². The van der Waals surface area contributed by atoms with E-state index in [4.69, 9.17) is 11.6 Å². The van der Waals surface area contributed by atoms with E-state index >= 15 is 0 Å². The summed E-state index contributed by atoms with van der Waals surface area (Å²) in [5, 5.41) is 2.46. The Hall–Kier alpha value is -3.57. The number of alkyl halides is 3. The number of halogens is 4. The van der Waals surface area contributed by atoms with Crippen molar-refractivity contribution >= 4 is 39.1 Å². The molecule has 3 aromatic carbocycles. The third-order valence-electron chi connectivity index (χ3n) is 7.96. The molecule has 242 valence electrons. The van der Waals surface area contributed by atoms with Gasteiger partial charge >= 0.3 is 6.18 Å². The first kappa shape index (κ1) is 34.3. The van der Waals surface area contributed by atoms with E-state index in [0.29, 0.717) is 15.9 Å². The van der Waals surface area contributed by atoms with Gasteiger partial charge in [-0.05, 0) is 62.1 Å². The van der Waals surface area contributed by atoms with Gasteiger partial charge in [-0.2, -0.15) is 13.2 Å². The number of anilines is 1. The van der Waals surface area contributed by atoms with Crippen LogP contribution in [0.3, 0.4) is 0 Å². The molecule has 7 nitrogen and oxygen atoms in total. The zero-order chi connectivity index (χ0) is 32.8. The number of hydrogen-bond acceptors (Lipinski definition) is 4. The summed E-state index contributed by atoms with van der Waals surface area (Å²) in [6.45, 7) is 2.80. The van der Waals surface area contributed by atoms with Gasteiger partial charge in [-0.15, -0.1) is 0 Å². The lowest BCUT2D eigenvalue weighted by molar-refractivity contribution is -0.140. The van der Waals surface area contributed by atoms with Crippen LogP contribution in [0.2, 0.25) is 5.02 Å². The number of rotatable bonds is 11. The highest BCUT2D eigenvalue weighted by Crippen LogP contribution is 2.38. The molecule has 4 rings (SSSR count). The van der Waals surface area contributed by atoms with Crippen LogP contribution in [0.15, 0.2) is 77.7 Å². The molecule has 1 saturated carbocycles. The number of benzene rings is 3. The first-order chi connectivity index (χ1) is 21.3. The van der Waals surface area contributed by atoms with Crippen molar-refractivity contribution in [3.63, 3.8) is 0 Å². The van der Waals surface area contributed by atoms with Crippen molar-refractivity contribution < 1.29 is 31.2 Å². The fourth-order valence-corrected chi connectivity index (χ4v) is 7.14. The number of amides is 2. The number of carbonyl (C=O) groups is 2. The molecular formula is C33H37ClF3N3O4S. The van der Waals surface area contributed by atoms with Gasteiger partial charge in [0.1, 0.15) is 12.6 Å². The van der Waals surface area contributed by atoms with Gasteiger partial charge in [0, 0.05) is 12.6 Å². The van der Waals surface area contributed by atoms with Crippen molar-refractivity contribution in [1.82, 2.24) is 10.2 Å². The number of nitrogens with one attached hydrogen (secondary N) is 1. The minimum Gasteiger partial charge on any atom is -0.352 e. The van der Waals surface area contributed by atoms with Crippen LogP contribution in [-0.4, -0.2) is 43.8 Å². The topological polar surface area (TPSA) is 86.8 Å². The summed E-state index contributed by atoms with van der Waals surface area (Å²) in [6.07, 6.45) is 0.0861. The molecule has 12 heteroatoms. The predicted octanol–water partition coefficient (Wildman–Crippen LogP) is 7.12. The van der Waals surface area contributed by atoms with Crippen LogP contribution in [0.5, 0.6) is 0 Å². The summed E-state index contributed by atoms with van der Waals surface area (Å²) >= 11 is 5.84. The molecule has 3 aromatic rings. The molecule has 0 bridgehead atoms. The van der Waals surface area contributed by atoms with Crippen molar-refractivity contribution in [2.45, 2.75) is 82.1 Å². The Morgan fingerprint density at radius 1 is 0.978 bits per heavy atom. The van der Waals surface area contributed by atoms with E-state index in [1.54, 1.807) is 13.0 Å². The summed E-state index contributed by atoms with van der Waals surface area (Å²) in [7, 11) is -4.54. The Bertz CT molecular complexity index is 1580. The predicted molar refractivity (Wildman–Crippen MR) is 168 cm³/mol. The Balaban J connectivity index is 1.76. The van der Waals surface area contributed by atoms with Gasteiger partial charge in [0.05, 0.1) is 21.2 Å². The normalized spacial score (nSPS) is 14.9. The molecule has 0 heterocycles. The lowest BCUT2D eigenvalue weighted by Crippen LogP contribution is -2.54. The standard InChI is InChI=1S/C33H37ClF3N3O4S/c1-3-30(32(42)38-25-10-6-4-7-11-25)39(21-24-16-14-23(2)15-17-24)31(41)22-40(45(43,44)27-12-8-5-9-13-27)26-18-19-29(34)28(20-26)33(35,36)37/h5,8-9,12-20,25,30H,3-4,6-7,10-11,21-22H2,1-2H3,(H,38,42)/t30-/m0/s1. The molecular weight excluding hydrogens is 627 g/mol. The van der Waals surface area contributed by atoms with Crippen molar-refractivity contribution in [2.75, 3.05) is 10.8 Å². The molecule has 0 spiro atoms. The highest BCUT2D eigenvalue weighted by atomic mass is 35.5. The zero-order valence-electron chi connectivity index (χ0n) is 25.2. The van der Waals surface area contributed by atoms with Crippen LogP contribution < -0.4 is 9.62 Å². The highest BCUT2D eigenvalue weighted by molar-refractivity contribution is 7.92. The molecule has 1 atom stereocenters. The molecule has 0 aromatic heterocycles. The Morgan fingerprint density at radius 2 is 1.62 bits per heavy atom. The van der Waals surface area contributed by atoms with Crippen molar-refractivity contribution in [1.29, 1.82) is 0 Å². The third-order valence-corrected chi connectivity index (χ3v) is 10.1. The van der Waals surface area contributed by atoms with Crippen LogP contribution in [0.4, 0.5) is 18.9 Å². The first-order valence-electron chi connectivity index (χ1n) is 14.9. The molecule has 1 N–H and O–H groups in total. The average molecular weight is 664 g/mol. The Morgan fingerprint density at radius 3 is 2.22 bits per heavy atom. The summed E-state index contributed by atoms with van der Waals surface area (Å²) in [4.78, 5) is 28.9. The summed E-state index contributed by atoms with van der Waals surface area (Å²) in [5.74, 6) is -1.10. The molecule has 0 radical (unpaired) electrons. The van der Waals surface area contributed by atoms with Gasteiger partial charge in [-0.25, -0.2) is 8.42 Å². The molecule has 2 amide bonds. The lowest BCUT2D eigenvalue weighted by atomic mass is 9.95. The van der Waals surface area contributed by atoms with E-state index in [0.717, 1.165) is 49.8 Å². The lowest BCUT2D eigenvalue weighted by Gasteiger charge is -2.34. The molecule has 0 saturated heterocycles. The number of aryl methyl sites for hydroxylation is 1. The van der Waals surface area contributed by atoms with Crippen LogP contribution in [-0.2, 0) is 32.3 Å². The molecule has 1 fully saturated rings. The maximum absolute atomic E-state index is 14.2. The van der Waals surface area contributed by atoms with Gasteiger partial charge in [-0.1, -0.05) is 85.8 Å². The van der Waals surface area contributed by atoms with Crippen LogP contribution >= 0.6 is 11.6 Å². The van der Waals surface area contributed by atoms with E-state index in [-0.39, 0.29) is 35.5 Å². The smallest absolute Gasteiger partial charge is 0.352 e. The fourth-order valence-electron chi connectivity index (χ4n) is 5.49. The average Bonchev–Trinajstić information content (AvgIpc) is 3.01. The van der Waals surface area contributed by atoms with E-state index in [1.165, 1.54) is 29.2 Å². The number of nitrogens with zero attached hydrogens (tertiary/aromatic N) is 2. The number of hydrogen-bond donors (Lipinski definition) is 1. The second-order valence-electron chi connectivity index (χ2n) is 11.3. The maximum Gasteiger partial charge on any atom is 0.417 e. The third kappa shape index (κ3) is 8.58.